The van der Waals surface area contributed by atoms with Crippen LogP contribution < -0.4 is 5.32 Å². The van der Waals surface area contributed by atoms with Gasteiger partial charge < -0.3 is 15.0 Å². The van der Waals surface area contributed by atoms with Crippen LogP contribution in [0.25, 0.3) is 11.0 Å². The van der Waals surface area contributed by atoms with Crippen LogP contribution in [0.15, 0.2) is 24.3 Å². The number of piperidine rings is 1. The number of halogens is 5. The molecule has 3 rings (SSSR count). The van der Waals surface area contributed by atoms with Crippen molar-refractivity contribution in [2.45, 2.75) is 38.5 Å². The Morgan fingerprint density at radius 2 is 1.87 bits per heavy atom. The van der Waals surface area contributed by atoms with E-state index in [1.165, 1.54) is 6.07 Å². The van der Waals surface area contributed by atoms with Gasteiger partial charge in [0.1, 0.15) is 5.82 Å². The average molecular weight is 448 g/mol. The van der Waals surface area contributed by atoms with E-state index in [1.54, 1.807) is 25.1 Å². The lowest BCUT2D eigenvalue weighted by Gasteiger charge is -2.31. The fourth-order valence-corrected chi connectivity index (χ4v) is 3.53. The Morgan fingerprint density at radius 1 is 1.23 bits per heavy atom. The van der Waals surface area contributed by atoms with E-state index >= 15 is 0 Å². The van der Waals surface area contributed by atoms with Gasteiger partial charge in [0.25, 0.3) is 0 Å². The van der Waals surface area contributed by atoms with Crippen molar-refractivity contribution >= 4 is 23.0 Å². The van der Waals surface area contributed by atoms with E-state index in [4.69, 9.17) is 0 Å². The highest BCUT2D eigenvalue weighted by molar-refractivity contribution is 5.80. The summed E-state index contributed by atoms with van der Waals surface area (Å²) >= 11 is 0. The van der Waals surface area contributed by atoms with Gasteiger partial charge in [0, 0.05) is 19.0 Å². The molecule has 31 heavy (non-hydrogen) atoms. The molecule has 1 aliphatic rings. The van der Waals surface area contributed by atoms with Crippen LogP contribution in [0, 0.1) is 5.92 Å². The highest BCUT2D eigenvalue weighted by Crippen LogP contribution is 2.27. The van der Waals surface area contributed by atoms with Gasteiger partial charge in [0.05, 0.1) is 17.1 Å². The van der Waals surface area contributed by atoms with Gasteiger partial charge in [-0.1, -0.05) is 12.1 Å². The molecule has 12 heteroatoms. The molecule has 1 aromatic carbocycles. The van der Waals surface area contributed by atoms with E-state index in [9.17, 15) is 31.5 Å². The van der Waals surface area contributed by atoms with Crippen LogP contribution in [0.3, 0.4) is 0 Å². The second-order valence-corrected chi connectivity index (χ2v) is 7.27. The van der Waals surface area contributed by atoms with E-state index in [0.717, 1.165) is 9.47 Å². The molecule has 1 fully saturated rings. The first kappa shape index (κ1) is 22.8. The second-order valence-electron chi connectivity index (χ2n) is 7.27. The van der Waals surface area contributed by atoms with Gasteiger partial charge in [-0.3, -0.25) is 9.36 Å². The number of amides is 2. The van der Waals surface area contributed by atoms with Gasteiger partial charge in [-0.25, -0.2) is 9.78 Å². The Labute approximate surface area is 174 Å². The first-order valence-corrected chi connectivity index (χ1v) is 9.60. The number of para-hydroxylation sites is 2. The number of likely N-dealkylation sites (tertiary alicyclic amines) is 1. The van der Waals surface area contributed by atoms with Gasteiger partial charge in [0.2, 0.25) is 5.91 Å². The topological polar surface area (TPSA) is 76.5 Å². The largest absolute Gasteiger partial charge is 0.440 e. The van der Waals surface area contributed by atoms with Crippen LogP contribution >= 0.6 is 0 Å². The number of nitrogens with one attached hydrogen (secondary N) is 1. The third-order valence-corrected chi connectivity index (χ3v) is 5.05. The van der Waals surface area contributed by atoms with Crippen molar-refractivity contribution in [1.29, 1.82) is 0 Å². The molecule has 1 atom stereocenters. The molecule has 0 radical (unpaired) electrons. The maximum Gasteiger partial charge on any atom is 0.422 e. The van der Waals surface area contributed by atoms with Crippen LogP contribution in [-0.4, -0.2) is 52.3 Å². The van der Waals surface area contributed by atoms with Crippen molar-refractivity contribution in [2.24, 2.45) is 5.92 Å². The Morgan fingerprint density at radius 3 is 2.48 bits per heavy atom. The number of carbonyl (C=O) groups excluding carboxylic acids is 2. The summed E-state index contributed by atoms with van der Waals surface area (Å²) < 4.78 is 68.6. The van der Waals surface area contributed by atoms with Gasteiger partial charge in [-0.2, -0.15) is 22.0 Å². The standard InChI is InChI=1S/C19H21F5N4O3/c1-11(15-26-13-4-2-3-5-14(13)28(15)17(20)21)25-16(29)12-6-8-27(9-7-12)18(30)31-10-19(22,23)24/h2-5,11-12,17H,6-10H2,1H3,(H,25,29). The summed E-state index contributed by atoms with van der Waals surface area (Å²) in [5, 5.41) is 2.67. The maximum absolute atomic E-state index is 13.6. The smallest absolute Gasteiger partial charge is 0.422 e. The number of hydrogen-bond acceptors (Lipinski definition) is 4. The number of alkyl halides is 5. The van der Waals surface area contributed by atoms with E-state index in [0.29, 0.717) is 5.52 Å². The Hall–Kier alpha value is -2.92. The van der Waals surface area contributed by atoms with Crippen LogP contribution in [0.5, 0.6) is 0 Å². The molecule has 2 heterocycles. The number of imidazole rings is 1. The zero-order valence-electron chi connectivity index (χ0n) is 16.5. The second kappa shape index (κ2) is 9.06. The SMILES string of the molecule is CC(NC(=O)C1CCN(C(=O)OCC(F)(F)F)CC1)c1nc2ccccc2n1C(F)F. The number of carbonyl (C=O) groups is 2. The number of ether oxygens (including phenoxy) is 1. The molecule has 0 spiro atoms. The van der Waals surface area contributed by atoms with Crippen molar-refractivity contribution in [3.63, 3.8) is 0 Å². The zero-order valence-corrected chi connectivity index (χ0v) is 16.5. The predicted octanol–water partition coefficient (Wildman–Crippen LogP) is 4.02. The minimum Gasteiger partial charge on any atom is -0.440 e. The zero-order chi connectivity index (χ0) is 22.8. The molecule has 7 nitrogen and oxygen atoms in total. The summed E-state index contributed by atoms with van der Waals surface area (Å²) in [7, 11) is 0. The normalized spacial score (nSPS) is 16.5. The third kappa shape index (κ3) is 5.42. The molecule has 0 aliphatic carbocycles. The van der Waals surface area contributed by atoms with Crippen molar-refractivity contribution < 1.29 is 36.3 Å². The molecule has 0 saturated carbocycles. The molecular formula is C19H21F5N4O3. The summed E-state index contributed by atoms with van der Waals surface area (Å²) in [6.07, 6.45) is -5.27. The van der Waals surface area contributed by atoms with Crippen LogP contribution in [0.2, 0.25) is 0 Å². The quantitative estimate of drug-likeness (QED) is 0.701. The number of fused-ring (bicyclic) bond motifs is 1. The van der Waals surface area contributed by atoms with Gasteiger partial charge in [-0.15, -0.1) is 0 Å². The number of nitrogens with zero attached hydrogens (tertiary/aromatic N) is 3. The molecule has 1 saturated heterocycles. The van der Waals surface area contributed by atoms with Crippen LogP contribution in [0.4, 0.5) is 26.7 Å². The molecule has 1 aliphatic heterocycles. The van der Waals surface area contributed by atoms with Crippen LogP contribution in [-0.2, 0) is 9.53 Å². The first-order chi connectivity index (χ1) is 14.6. The van der Waals surface area contributed by atoms with Crippen molar-refractivity contribution in [3.05, 3.63) is 30.1 Å². The maximum atomic E-state index is 13.6. The monoisotopic (exact) mass is 448 g/mol. The first-order valence-electron chi connectivity index (χ1n) is 9.60. The fraction of sp³-hybridized carbons (Fsp3) is 0.526. The molecule has 170 valence electrons. The lowest BCUT2D eigenvalue weighted by molar-refractivity contribution is -0.162. The van der Waals surface area contributed by atoms with Gasteiger partial charge in [0.15, 0.2) is 6.61 Å². The number of rotatable bonds is 5. The molecular weight excluding hydrogens is 427 g/mol. The summed E-state index contributed by atoms with van der Waals surface area (Å²) in [6.45, 7) is -2.86. The number of hydrogen-bond donors (Lipinski definition) is 1. The van der Waals surface area contributed by atoms with Crippen molar-refractivity contribution in [2.75, 3.05) is 19.7 Å². The highest BCUT2D eigenvalue weighted by Gasteiger charge is 2.33. The number of aromatic nitrogens is 2. The van der Waals surface area contributed by atoms with E-state index in [-0.39, 0.29) is 37.3 Å². The highest BCUT2D eigenvalue weighted by atomic mass is 19.4. The molecule has 1 aromatic heterocycles. The average Bonchev–Trinajstić information content (AvgIpc) is 3.11. The van der Waals surface area contributed by atoms with Crippen molar-refractivity contribution in [3.8, 4) is 0 Å². The van der Waals surface area contributed by atoms with Crippen LogP contribution in [0.1, 0.15) is 38.2 Å². The number of benzene rings is 1. The lowest BCUT2D eigenvalue weighted by Crippen LogP contribution is -2.44. The third-order valence-electron chi connectivity index (χ3n) is 5.05. The predicted molar refractivity (Wildman–Crippen MR) is 99.2 cm³/mol. The minimum atomic E-state index is -4.61. The summed E-state index contributed by atoms with van der Waals surface area (Å²) in [5.74, 6) is -0.903. The van der Waals surface area contributed by atoms with E-state index in [1.807, 2.05) is 0 Å². The molecule has 1 unspecified atom stereocenters. The summed E-state index contributed by atoms with van der Waals surface area (Å²) in [5.41, 5.74) is 0.629. The van der Waals surface area contributed by atoms with Crippen molar-refractivity contribution in [1.82, 2.24) is 19.8 Å². The van der Waals surface area contributed by atoms with Gasteiger partial charge in [-0.05, 0) is 31.9 Å². The molecule has 2 amide bonds. The molecule has 1 N–H and O–H groups in total. The summed E-state index contributed by atoms with van der Waals surface area (Å²) in [4.78, 5) is 29.6. The lowest BCUT2D eigenvalue weighted by atomic mass is 9.96. The van der Waals surface area contributed by atoms with E-state index < -0.39 is 43.3 Å². The Bertz CT molecular complexity index is 938. The van der Waals surface area contributed by atoms with Gasteiger partial charge >= 0.3 is 18.8 Å². The Kier molecular flexibility index (Phi) is 6.65. The fourth-order valence-electron chi connectivity index (χ4n) is 3.53. The van der Waals surface area contributed by atoms with E-state index in [2.05, 4.69) is 15.0 Å². The Balaban J connectivity index is 1.59. The summed E-state index contributed by atoms with van der Waals surface area (Å²) in [6, 6.07) is 5.60. The minimum absolute atomic E-state index is 0.0118. The molecule has 2 aromatic rings. The molecule has 0 bridgehead atoms.